The van der Waals surface area contributed by atoms with Crippen LogP contribution in [0.5, 0.6) is 5.75 Å². The topological polar surface area (TPSA) is 20.2 Å². The predicted octanol–water partition coefficient (Wildman–Crippen LogP) is 3.70. The summed E-state index contributed by atoms with van der Waals surface area (Å²) < 4.78 is 0. The molecule has 0 heterocycles. The largest absolute Gasteiger partial charge is 0.508 e. The van der Waals surface area contributed by atoms with Gasteiger partial charge in [0.1, 0.15) is 5.75 Å². The average Bonchev–Trinajstić information content (AvgIpc) is 2.23. The van der Waals surface area contributed by atoms with E-state index in [0.29, 0.717) is 5.75 Å². The van der Waals surface area contributed by atoms with Gasteiger partial charge in [-0.05, 0) is 32.3 Å². The van der Waals surface area contributed by atoms with Crippen LogP contribution in [0.15, 0.2) is 30.4 Å². The molecule has 0 fully saturated rings. The van der Waals surface area contributed by atoms with E-state index in [0.717, 1.165) is 12.0 Å². The van der Waals surface area contributed by atoms with Gasteiger partial charge in [0.15, 0.2) is 0 Å². The molecular formula is C14H18O. The minimum atomic E-state index is 0.0222. The van der Waals surface area contributed by atoms with Crippen molar-refractivity contribution in [2.75, 3.05) is 0 Å². The molecule has 1 aromatic carbocycles. The highest BCUT2D eigenvalue weighted by Crippen LogP contribution is 2.39. The summed E-state index contributed by atoms with van der Waals surface area (Å²) in [5.41, 5.74) is 2.30. The predicted molar refractivity (Wildman–Crippen MR) is 63.2 cm³/mol. The fraction of sp³-hybridized carbons (Fsp3) is 0.429. The van der Waals surface area contributed by atoms with Gasteiger partial charge in [-0.25, -0.2) is 0 Å². The van der Waals surface area contributed by atoms with E-state index in [4.69, 9.17) is 0 Å². The first-order valence-corrected chi connectivity index (χ1v) is 5.60. The highest BCUT2D eigenvalue weighted by atomic mass is 16.3. The quantitative estimate of drug-likeness (QED) is 0.688. The Hall–Kier alpha value is -1.24. The molecule has 1 heteroatoms. The molecule has 0 aliphatic heterocycles. The second-order valence-electron chi connectivity index (χ2n) is 4.73. The third-order valence-electron chi connectivity index (χ3n) is 3.32. The molecule has 0 aromatic heterocycles. The molecule has 15 heavy (non-hydrogen) atoms. The van der Waals surface area contributed by atoms with E-state index in [1.165, 1.54) is 18.4 Å². The molecule has 1 atom stereocenters. The summed E-state index contributed by atoms with van der Waals surface area (Å²) in [7, 11) is 0. The highest BCUT2D eigenvalue weighted by Gasteiger charge is 2.27. The van der Waals surface area contributed by atoms with Crippen molar-refractivity contribution in [3.05, 3.63) is 41.5 Å². The zero-order valence-electron chi connectivity index (χ0n) is 9.46. The van der Waals surface area contributed by atoms with E-state index >= 15 is 0 Å². The van der Waals surface area contributed by atoms with Gasteiger partial charge in [0.05, 0.1) is 0 Å². The van der Waals surface area contributed by atoms with Crippen molar-refractivity contribution in [3.8, 4) is 5.75 Å². The molecule has 0 saturated carbocycles. The first-order chi connectivity index (χ1) is 7.12. The number of hydrogen-bond acceptors (Lipinski definition) is 1. The standard InChI is InChI=1S/C14H18O/c1-11-6-7-13(15)12(10-11)14(2)8-4-3-5-9-14/h4,6-8,10,15H,3,5,9H2,1-2H3. The van der Waals surface area contributed by atoms with E-state index < -0.39 is 0 Å². The summed E-state index contributed by atoms with van der Waals surface area (Å²) in [5, 5.41) is 9.92. The summed E-state index contributed by atoms with van der Waals surface area (Å²) in [6.07, 6.45) is 7.97. The van der Waals surface area contributed by atoms with Gasteiger partial charge in [-0.15, -0.1) is 0 Å². The average molecular weight is 202 g/mol. The zero-order chi connectivity index (χ0) is 10.9. The van der Waals surface area contributed by atoms with Crippen LogP contribution in [-0.4, -0.2) is 5.11 Å². The Labute approximate surface area is 91.4 Å². The van der Waals surface area contributed by atoms with Crippen LogP contribution in [0.3, 0.4) is 0 Å². The van der Waals surface area contributed by atoms with Gasteiger partial charge < -0.3 is 5.11 Å². The molecule has 1 unspecified atom stereocenters. The lowest BCUT2D eigenvalue weighted by Crippen LogP contribution is -2.21. The van der Waals surface area contributed by atoms with Crippen molar-refractivity contribution < 1.29 is 5.11 Å². The smallest absolute Gasteiger partial charge is 0.119 e. The molecule has 2 rings (SSSR count). The second-order valence-corrected chi connectivity index (χ2v) is 4.73. The van der Waals surface area contributed by atoms with Crippen LogP contribution in [-0.2, 0) is 5.41 Å². The Morgan fingerprint density at radius 3 is 2.80 bits per heavy atom. The maximum Gasteiger partial charge on any atom is 0.119 e. The molecule has 0 saturated heterocycles. The van der Waals surface area contributed by atoms with Crippen LogP contribution in [0.1, 0.15) is 37.3 Å². The van der Waals surface area contributed by atoms with Crippen LogP contribution in [0, 0.1) is 6.92 Å². The van der Waals surface area contributed by atoms with E-state index in [-0.39, 0.29) is 5.41 Å². The Morgan fingerprint density at radius 1 is 1.33 bits per heavy atom. The van der Waals surface area contributed by atoms with Gasteiger partial charge in [-0.3, -0.25) is 0 Å². The summed E-state index contributed by atoms with van der Waals surface area (Å²) in [6, 6.07) is 5.86. The van der Waals surface area contributed by atoms with E-state index in [9.17, 15) is 5.11 Å². The highest BCUT2D eigenvalue weighted by molar-refractivity contribution is 5.44. The molecule has 1 aromatic rings. The number of benzene rings is 1. The van der Waals surface area contributed by atoms with E-state index in [2.05, 4.69) is 32.1 Å². The Morgan fingerprint density at radius 2 is 2.13 bits per heavy atom. The molecule has 1 N–H and O–H groups in total. The lowest BCUT2D eigenvalue weighted by molar-refractivity contribution is 0.430. The number of allylic oxidation sites excluding steroid dienone is 2. The van der Waals surface area contributed by atoms with Crippen molar-refractivity contribution in [1.29, 1.82) is 0 Å². The van der Waals surface area contributed by atoms with E-state index in [1.54, 1.807) is 6.07 Å². The van der Waals surface area contributed by atoms with Crippen molar-refractivity contribution in [3.63, 3.8) is 0 Å². The van der Waals surface area contributed by atoms with Crippen LogP contribution < -0.4 is 0 Å². The molecule has 80 valence electrons. The van der Waals surface area contributed by atoms with Gasteiger partial charge in [-0.2, -0.15) is 0 Å². The number of phenols is 1. The number of phenolic OH excluding ortho intramolecular Hbond substituents is 1. The van der Waals surface area contributed by atoms with Crippen molar-refractivity contribution in [2.24, 2.45) is 0 Å². The molecule has 1 aliphatic carbocycles. The maximum absolute atomic E-state index is 9.92. The van der Waals surface area contributed by atoms with E-state index in [1.807, 2.05) is 6.07 Å². The van der Waals surface area contributed by atoms with Gasteiger partial charge >= 0.3 is 0 Å². The van der Waals surface area contributed by atoms with Crippen molar-refractivity contribution in [1.82, 2.24) is 0 Å². The number of rotatable bonds is 1. The number of aromatic hydroxyl groups is 1. The third-order valence-corrected chi connectivity index (χ3v) is 3.32. The minimum Gasteiger partial charge on any atom is -0.508 e. The van der Waals surface area contributed by atoms with Crippen LogP contribution in [0.2, 0.25) is 0 Å². The number of aryl methyl sites for hydroxylation is 1. The fourth-order valence-electron chi connectivity index (χ4n) is 2.35. The fourth-order valence-corrected chi connectivity index (χ4v) is 2.35. The van der Waals surface area contributed by atoms with Gasteiger partial charge in [0, 0.05) is 11.0 Å². The monoisotopic (exact) mass is 202 g/mol. The summed E-state index contributed by atoms with van der Waals surface area (Å²) in [6.45, 7) is 4.27. The van der Waals surface area contributed by atoms with Crippen molar-refractivity contribution in [2.45, 2.75) is 38.5 Å². The zero-order valence-corrected chi connectivity index (χ0v) is 9.46. The Kier molecular flexibility index (Phi) is 2.56. The Balaban J connectivity index is 2.47. The van der Waals surface area contributed by atoms with Crippen LogP contribution in [0.25, 0.3) is 0 Å². The third kappa shape index (κ3) is 1.92. The first kappa shape index (κ1) is 10.3. The van der Waals surface area contributed by atoms with Crippen molar-refractivity contribution >= 4 is 0 Å². The Bertz CT molecular complexity index is 392. The lowest BCUT2D eigenvalue weighted by Gasteiger charge is -2.30. The van der Waals surface area contributed by atoms with Crippen LogP contribution in [0.4, 0.5) is 0 Å². The normalized spacial score (nSPS) is 25.5. The molecular weight excluding hydrogens is 184 g/mol. The molecule has 1 aliphatic rings. The maximum atomic E-state index is 9.92. The summed E-state index contributed by atoms with van der Waals surface area (Å²) >= 11 is 0. The number of hydrogen-bond donors (Lipinski definition) is 1. The first-order valence-electron chi connectivity index (χ1n) is 5.60. The van der Waals surface area contributed by atoms with Gasteiger partial charge in [0.25, 0.3) is 0 Å². The van der Waals surface area contributed by atoms with Crippen LogP contribution >= 0.6 is 0 Å². The molecule has 0 spiro atoms. The molecule has 0 bridgehead atoms. The minimum absolute atomic E-state index is 0.0222. The second kappa shape index (κ2) is 3.73. The molecule has 0 amide bonds. The van der Waals surface area contributed by atoms with Gasteiger partial charge in [0.2, 0.25) is 0 Å². The summed E-state index contributed by atoms with van der Waals surface area (Å²) in [4.78, 5) is 0. The molecule has 1 nitrogen and oxygen atoms in total. The summed E-state index contributed by atoms with van der Waals surface area (Å²) in [5.74, 6) is 0.426. The molecule has 0 radical (unpaired) electrons. The lowest BCUT2D eigenvalue weighted by atomic mass is 9.74. The van der Waals surface area contributed by atoms with Gasteiger partial charge in [-0.1, -0.05) is 36.8 Å². The SMILES string of the molecule is Cc1ccc(O)c(C2(C)C=CCCC2)c1.